The van der Waals surface area contributed by atoms with Crippen molar-refractivity contribution in [3.8, 4) is 0 Å². The molecule has 216 valence electrons. The van der Waals surface area contributed by atoms with Crippen LogP contribution < -0.4 is 5.32 Å². The topological polar surface area (TPSA) is 77.7 Å². The molecule has 3 heterocycles. The molecule has 1 aromatic heterocycles. The largest absolute Gasteiger partial charge is 0.453 e. The van der Waals surface area contributed by atoms with Crippen LogP contribution in [-0.2, 0) is 9.53 Å². The number of nitrogens with zero attached hydrogens (tertiary/aromatic N) is 2. The molecule has 2 saturated heterocycles. The number of methoxy groups -OCH3 is 1. The van der Waals surface area contributed by atoms with Crippen molar-refractivity contribution in [2.24, 2.45) is 5.92 Å². The lowest BCUT2D eigenvalue weighted by Crippen LogP contribution is -2.53. The maximum Gasteiger partial charge on any atom is 0.406 e. The highest BCUT2D eigenvalue weighted by Gasteiger charge is 2.34. The summed E-state index contributed by atoms with van der Waals surface area (Å²) in [7, 11) is 1.40. The van der Waals surface area contributed by atoms with Crippen molar-refractivity contribution in [1.29, 1.82) is 0 Å². The Balaban J connectivity index is 1.35. The maximum atomic E-state index is 12.9. The number of benzene rings is 1. The molecule has 2 aromatic rings. The van der Waals surface area contributed by atoms with Crippen LogP contribution in [0.5, 0.6) is 0 Å². The predicted molar refractivity (Wildman–Crippen MR) is 163 cm³/mol. The molecule has 0 spiro atoms. The summed E-state index contributed by atoms with van der Waals surface area (Å²) < 4.78 is 4.86. The molecule has 0 radical (unpaired) electrons. The number of hydrogen-bond donors (Lipinski definition) is 2. The van der Waals surface area contributed by atoms with Crippen molar-refractivity contribution >= 4 is 47.4 Å². The molecule has 0 bridgehead atoms. The van der Waals surface area contributed by atoms with Crippen LogP contribution in [0.25, 0.3) is 12.2 Å². The van der Waals surface area contributed by atoms with Crippen LogP contribution in [0.2, 0.25) is 10.0 Å². The number of likely N-dealkylation sites (tertiary alicyclic amines) is 2. The maximum absolute atomic E-state index is 12.9. The number of halogens is 2. The fraction of sp³-hybridized carbons (Fsp3) is 0.484. The Morgan fingerprint density at radius 2 is 1.82 bits per heavy atom. The molecule has 2 amide bonds. The van der Waals surface area contributed by atoms with E-state index in [-0.39, 0.29) is 11.9 Å². The Hall–Kier alpha value is -2.74. The summed E-state index contributed by atoms with van der Waals surface area (Å²) in [4.78, 5) is 32.7. The minimum absolute atomic E-state index is 0.00580. The van der Waals surface area contributed by atoms with E-state index in [0.717, 1.165) is 44.3 Å². The number of carbonyl (C=O) groups is 2. The number of rotatable bonds is 8. The van der Waals surface area contributed by atoms with Crippen molar-refractivity contribution in [2.45, 2.75) is 51.5 Å². The molecule has 2 N–H and O–H groups in total. The number of carbonyl (C=O) groups excluding carboxylic acids is 2. The molecule has 0 aliphatic carbocycles. The van der Waals surface area contributed by atoms with Crippen molar-refractivity contribution in [3.63, 3.8) is 0 Å². The third kappa shape index (κ3) is 7.50. The van der Waals surface area contributed by atoms with E-state index in [4.69, 9.17) is 27.9 Å². The molecule has 9 heteroatoms. The average molecular weight is 588 g/mol. The molecule has 4 rings (SSSR count). The van der Waals surface area contributed by atoms with Gasteiger partial charge in [-0.1, -0.05) is 35.3 Å². The SMILES string of the molecule is C/C=C\c1[nH]cc(C2CCN(C(CNC(=O)OC)C3CCN(C(=O)/C=C/c4ccc(Cl)c(Cl)c4)CC3)CC2)c1C. The van der Waals surface area contributed by atoms with Gasteiger partial charge >= 0.3 is 6.09 Å². The van der Waals surface area contributed by atoms with E-state index in [2.05, 4.69) is 40.5 Å². The number of alkyl carbamates (subject to hydrolysis) is 1. The molecule has 1 unspecified atom stereocenters. The Kier molecular flexibility index (Phi) is 10.8. The highest BCUT2D eigenvalue weighted by atomic mass is 35.5. The Bertz CT molecular complexity index is 1230. The van der Waals surface area contributed by atoms with Gasteiger partial charge in [0.05, 0.1) is 17.2 Å². The second-order valence-corrected chi connectivity index (χ2v) is 11.5. The number of nitrogens with one attached hydrogen (secondary N) is 2. The number of piperidine rings is 2. The third-order valence-electron chi connectivity index (χ3n) is 8.39. The van der Waals surface area contributed by atoms with Gasteiger partial charge in [-0.3, -0.25) is 9.69 Å². The zero-order valence-corrected chi connectivity index (χ0v) is 25.1. The standard InChI is InChI=1S/C31H40Cl2N4O3/c1-4-5-28-21(2)25(19-34-28)23-10-14-36(15-11-23)29(20-35-31(39)40-3)24-12-16-37(17-13-24)30(38)9-7-22-6-8-26(32)27(33)18-22/h4-9,18-19,23-24,29,34H,10-17,20H2,1-3H3,(H,35,39)/b5-4-,9-7+. The first kappa shape index (κ1) is 30.2. The first-order valence-corrected chi connectivity index (χ1v) is 14.8. The molecular weight excluding hydrogens is 547 g/mol. The summed E-state index contributed by atoms with van der Waals surface area (Å²) in [6, 6.07) is 5.52. The lowest BCUT2D eigenvalue weighted by atomic mass is 9.84. The molecule has 1 atom stereocenters. The Labute approximate surface area is 247 Å². The molecule has 2 fully saturated rings. The molecule has 0 saturated carbocycles. The monoisotopic (exact) mass is 586 g/mol. The van der Waals surface area contributed by atoms with Crippen LogP contribution in [-0.4, -0.2) is 72.7 Å². The zero-order chi connectivity index (χ0) is 28.6. The van der Waals surface area contributed by atoms with Crippen LogP contribution in [0.15, 0.2) is 36.5 Å². The second-order valence-electron chi connectivity index (χ2n) is 10.7. The molecule has 2 aliphatic rings. The van der Waals surface area contributed by atoms with Crippen molar-refractivity contribution in [2.75, 3.05) is 39.8 Å². The van der Waals surface area contributed by atoms with E-state index in [9.17, 15) is 9.59 Å². The van der Waals surface area contributed by atoms with Crippen LogP contribution >= 0.6 is 23.2 Å². The number of ether oxygens (including phenoxy) is 1. The predicted octanol–water partition coefficient (Wildman–Crippen LogP) is 6.52. The van der Waals surface area contributed by atoms with E-state index in [1.807, 2.05) is 17.9 Å². The Morgan fingerprint density at radius 1 is 1.10 bits per heavy atom. The highest BCUT2D eigenvalue weighted by molar-refractivity contribution is 6.42. The van der Waals surface area contributed by atoms with Gasteiger partial charge in [-0.05, 0) is 105 Å². The molecule has 7 nitrogen and oxygen atoms in total. The van der Waals surface area contributed by atoms with Gasteiger partial charge in [0.25, 0.3) is 0 Å². The van der Waals surface area contributed by atoms with Crippen LogP contribution in [0.3, 0.4) is 0 Å². The quantitative estimate of drug-likeness (QED) is 0.345. The lowest BCUT2D eigenvalue weighted by molar-refractivity contribution is -0.127. The van der Waals surface area contributed by atoms with Gasteiger partial charge in [-0.15, -0.1) is 0 Å². The van der Waals surface area contributed by atoms with Gasteiger partial charge in [0, 0.05) is 43.6 Å². The first-order valence-electron chi connectivity index (χ1n) is 14.1. The number of H-pyrrole nitrogens is 1. The van der Waals surface area contributed by atoms with Gasteiger partial charge in [-0.25, -0.2) is 4.79 Å². The second kappa shape index (κ2) is 14.2. The van der Waals surface area contributed by atoms with E-state index >= 15 is 0 Å². The highest BCUT2D eigenvalue weighted by Crippen LogP contribution is 2.34. The lowest BCUT2D eigenvalue weighted by Gasteiger charge is -2.44. The number of aromatic nitrogens is 1. The van der Waals surface area contributed by atoms with Gasteiger partial charge in [0.1, 0.15) is 0 Å². The number of hydrogen-bond acceptors (Lipinski definition) is 4. The molecule has 2 aliphatic heterocycles. The summed E-state index contributed by atoms with van der Waals surface area (Å²) in [5, 5.41) is 3.91. The zero-order valence-electron chi connectivity index (χ0n) is 23.6. The number of allylic oxidation sites excluding steroid dienone is 1. The third-order valence-corrected chi connectivity index (χ3v) is 9.13. The van der Waals surface area contributed by atoms with E-state index in [1.54, 1.807) is 24.3 Å². The van der Waals surface area contributed by atoms with E-state index in [1.165, 1.54) is 23.9 Å². The summed E-state index contributed by atoms with van der Waals surface area (Å²) in [5.41, 5.74) is 4.78. The van der Waals surface area contributed by atoms with Crippen molar-refractivity contribution < 1.29 is 14.3 Å². The van der Waals surface area contributed by atoms with E-state index in [0.29, 0.717) is 41.5 Å². The van der Waals surface area contributed by atoms with Crippen LogP contribution in [0.4, 0.5) is 4.79 Å². The molecular formula is C31H40Cl2N4O3. The normalized spacial score (nSPS) is 18.5. The molecule has 1 aromatic carbocycles. The summed E-state index contributed by atoms with van der Waals surface area (Å²) in [5.74, 6) is 0.906. The summed E-state index contributed by atoms with van der Waals surface area (Å²) >= 11 is 12.1. The van der Waals surface area contributed by atoms with Gasteiger partial charge in [0.2, 0.25) is 5.91 Å². The van der Waals surface area contributed by atoms with E-state index < -0.39 is 6.09 Å². The van der Waals surface area contributed by atoms with Crippen molar-refractivity contribution in [1.82, 2.24) is 20.1 Å². The van der Waals surface area contributed by atoms with Gasteiger partial charge in [-0.2, -0.15) is 0 Å². The fourth-order valence-electron chi connectivity index (χ4n) is 6.08. The summed E-state index contributed by atoms with van der Waals surface area (Å²) in [6.45, 7) is 8.12. The minimum Gasteiger partial charge on any atom is -0.453 e. The number of aromatic amines is 1. The first-order chi connectivity index (χ1) is 19.3. The number of amides is 2. The van der Waals surface area contributed by atoms with Gasteiger partial charge < -0.3 is 19.9 Å². The minimum atomic E-state index is -0.403. The fourth-order valence-corrected chi connectivity index (χ4v) is 6.39. The Morgan fingerprint density at radius 3 is 2.48 bits per heavy atom. The average Bonchev–Trinajstić information content (AvgIpc) is 3.34. The van der Waals surface area contributed by atoms with Crippen molar-refractivity contribution in [3.05, 3.63) is 69.0 Å². The van der Waals surface area contributed by atoms with Crippen LogP contribution in [0, 0.1) is 12.8 Å². The molecule has 40 heavy (non-hydrogen) atoms. The smallest absolute Gasteiger partial charge is 0.406 e. The summed E-state index contributed by atoms with van der Waals surface area (Å²) in [6.07, 6.45) is 13.3. The van der Waals surface area contributed by atoms with Gasteiger partial charge in [0.15, 0.2) is 0 Å². The van der Waals surface area contributed by atoms with Crippen LogP contribution in [0.1, 0.15) is 60.9 Å².